The number of Topliss-reactive ketones (excluding diaryl/α,β-unsaturated/α-hetero) is 1. The van der Waals surface area contributed by atoms with Crippen molar-refractivity contribution in [1.29, 1.82) is 0 Å². The van der Waals surface area contributed by atoms with Crippen LogP contribution in [0.1, 0.15) is 47.0 Å². The molecule has 98 valence electrons. The lowest BCUT2D eigenvalue weighted by Crippen LogP contribution is -2.55. The standard InChI is InChI=1S/C15H21NO2/c1-6-10-7-8-15(4)9-11(16-5)12(17)14(2,3)13(15)18-10/h9-10,13H,6-8H2,1-4H3/t10-,13-,15-/m0/s1. The zero-order valence-electron chi connectivity index (χ0n) is 11.6. The smallest absolute Gasteiger partial charge is 0.226 e. The van der Waals surface area contributed by atoms with Crippen LogP contribution in [0.2, 0.25) is 0 Å². The Hall–Kier alpha value is -1.14. The molecule has 0 aromatic carbocycles. The minimum atomic E-state index is -0.600. The molecule has 0 aromatic rings. The molecule has 1 saturated heterocycles. The van der Waals surface area contributed by atoms with Crippen LogP contribution in [0.5, 0.6) is 0 Å². The van der Waals surface area contributed by atoms with Gasteiger partial charge in [0, 0.05) is 10.8 Å². The van der Waals surface area contributed by atoms with Crippen LogP contribution in [0, 0.1) is 17.4 Å². The quantitative estimate of drug-likeness (QED) is 0.665. The molecule has 3 atom stereocenters. The minimum Gasteiger partial charge on any atom is -0.373 e. The van der Waals surface area contributed by atoms with Gasteiger partial charge in [0.15, 0.2) is 5.78 Å². The molecule has 2 aliphatic rings. The largest absolute Gasteiger partial charge is 0.373 e. The van der Waals surface area contributed by atoms with Gasteiger partial charge in [0.1, 0.15) is 0 Å². The summed E-state index contributed by atoms with van der Waals surface area (Å²) in [6.45, 7) is 15.2. The topological polar surface area (TPSA) is 30.7 Å². The number of fused-ring (bicyclic) bond motifs is 1. The van der Waals surface area contributed by atoms with E-state index in [0.29, 0.717) is 0 Å². The maximum absolute atomic E-state index is 12.3. The first-order valence-corrected chi connectivity index (χ1v) is 6.65. The Balaban J connectivity index is 2.45. The van der Waals surface area contributed by atoms with Gasteiger partial charge in [-0.2, -0.15) is 0 Å². The van der Waals surface area contributed by atoms with Gasteiger partial charge in [0.25, 0.3) is 0 Å². The van der Waals surface area contributed by atoms with Gasteiger partial charge in [-0.05, 0) is 19.3 Å². The Morgan fingerprint density at radius 1 is 1.50 bits per heavy atom. The minimum absolute atomic E-state index is 0.0725. The van der Waals surface area contributed by atoms with E-state index in [1.165, 1.54) is 0 Å². The molecular weight excluding hydrogens is 226 g/mol. The summed E-state index contributed by atoms with van der Waals surface area (Å²) < 4.78 is 6.15. The SMILES string of the molecule is [C-]#[N+]C1=C[C@]2(C)CC[C@H](CC)O[C@H]2C(C)(C)C1=O. The predicted octanol–water partition coefficient (Wildman–Crippen LogP) is 3.36. The van der Waals surface area contributed by atoms with Crippen LogP contribution in [0.4, 0.5) is 0 Å². The molecular formula is C15H21NO2. The van der Waals surface area contributed by atoms with Gasteiger partial charge in [0.2, 0.25) is 5.70 Å². The first-order valence-electron chi connectivity index (χ1n) is 6.65. The second-order valence-electron chi connectivity index (χ2n) is 6.28. The second kappa shape index (κ2) is 4.20. The molecule has 0 spiro atoms. The molecule has 0 bridgehead atoms. The third kappa shape index (κ3) is 1.80. The van der Waals surface area contributed by atoms with Crippen molar-refractivity contribution in [2.45, 2.75) is 59.2 Å². The van der Waals surface area contributed by atoms with Crippen LogP contribution in [0.3, 0.4) is 0 Å². The fraction of sp³-hybridized carbons (Fsp3) is 0.733. The maximum Gasteiger partial charge on any atom is 0.226 e. The van der Waals surface area contributed by atoms with E-state index in [1.807, 2.05) is 19.9 Å². The predicted molar refractivity (Wildman–Crippen MR) is 69.8 cm³/mol. The Morgan fingerprint density at radius 3 is 2.72 bits per heavy atom. The molecule has 0 saturated carbocycles. The van der Waals surface area contributed by atoms with E-state index in [0.717, 1.165) is 19.3 Å². The van der Waals surface area contributed by atoms with E-state index in [2.05, 4.69) is 18.7 Å². The fourth-order valence-electron chi connectivity index (χ4n) is 3.37. The van der Waals surface area contributed by atoms with E-state index in [-0.39, 0.29) is 29.1 Å². The highest BCUT2D eigenvalue weighted by Gasteiger charge is 2.54. The highest BCUT2D eigenvalue weighted by atomic mass is 16.5. The number of nitrogens with zero attached hydrogens (tertiary/aromatic N) is 1. The maximum atomic E-state index is 12.3. The van der Waals surface area contributed by atoms with Crippen molar-refractivity contribution in [3.63, 3.8) is 0 Å². The van der Waals surface area contributed by atoms with E-state index in [4.69, 9.17) is 11.3 Å². The first-order chi connectivity index (χ1) is 8.35. The number of hydrogen-bond acceptors (Lipinski definition) is 2. The van der Waals surface area contributed by atoms with Crippen molar-refractivity contribution in [1.82, 2.24) is 0 Å². The zero-order chi connectivity index (χ0) is 13.6. The van der Waals surface area contributed by atoms with Gasteiger partial charge in [-0.3, -0.25) is 0 Å². The number of carbonyl (C=O) groups excluding carboxylic acids is 1. The summed E-state index contributed by atoms with van der Waals surface area (Å²) in [6.07, 6.45) is 4.97. The highest BCUT2D eigenvalue weighted by Crippen LogP contribution is 2.51. The summed E-state index contributed by atoms with van der Waals surface area (Å²) in [6, 6.07) is 0. The Labute approximate surface area is 109 Å². The third-order valence-electron chi connectivity index (χ3n) is 4.45. The molecule has 2 rings (SSSR count). The molecule has 18 heavy (non-hydrogen) atoms. The average Bonchev–Trinajstić information content (AvgIpc) is 2.34. The van der Waals surface area contributed by atoms with Crippen LogP contribution in [0.15, 0.2) is 11.8 Å². The highest BCUT2D eigenvalue weighted by molar-refractivity contribution is 6.02. The van der Waals surface area contributed by atoms with Crippen LogP contribution in [-0.4, -0.2) is 18.0 Å². The molecule has 0 unspecified atom stereocenters. The van der Waals surface area contributed by atoms with Crippen molar-refractivity contribution >= 4 is 5.78 Å². The summed E-state index contributed by atoms with van der Waals surface area (Å²) in [5.41, 5.74) is -0.488. The second-order valence-corrected chi connectivity index (χ2v) is 6.28. The number of carbonyl (C=O) groups is 1. The van der Waals surface area contributed by atoms with Gasteiger partial charge in [-0.15, -0.1) is 0 Å². The van der Waals surface area contributed by atoms with Crippen LogP contribution < -0.4 is 0 Å². The fourth-order valence-corrected chi connectivity index (χ4v) is 3.37. The molecule has 1 aliphatic carbocycles. The van der Waals surface area contributed by atoms with E-state index in [9.17, 15) is 4.79 Å². The Kier molecular flexibility index (Phi) is 3.11. The number of hydrogen-bond donors (Lipinski definition) is 0. The molecule has 3 nitrogen and oxygen atoms in total. The molecule has 1 fully saturated rings. The van der Waals surface area contributed by atoms with Crippen molar-refractivity contribution in [2.24, 2.45) is 10.8 Å². The summed E-state index contributed by atoms with van der Waals surface area (Å²) in [5.74, 6) is -0.0725. The lowest BCUT2D eigenvalue weighted by Gasteiger charge is -2.51. The molecule has 3 heteroatoms. The first kappa shape index (κ1) is 13.3. The molecule has 1 aliphatic heterocycles. The summed E-state index contributed by atoms with van der Waals surface area (Å²) in [4.78, 5) is 15.7. The molecule has 0 radical (unpaired) electrons. The van der Waals surface area contributed by atoms with Crippen molar-refractivity contribution < 1.29 is 9.53 Å². The van der Waals surface area contributed by atoms with E-state index >= 15 is 0 Å². The van der Waals surface area contributed by atoms with Gasteiger partial charge in [-0.25, -0.2) is 4.85 Å². The summed E-state index contributed by atoms with van der Waals surface area (Å²) in [5, 5.41) is 0. The average molecular weight is 247 g/mol. The van der Waals surface area contributed by atoms with Crippen molar-refractivity contribution in [3.8, 4) is 0 Å². The zero-order valence-corrected chi connectivity index (χ0v) is 11.6. The van der Waals surface area contributed by atoms with Crippen LogP contribution in [-0.2, 0) is 9.53 Å². The van der Waals surface area contributed by atoms with Crippen LogP contribution in [0.25, 0.3) is 4.85 Å². The van der Waals surface area contributed by atoms with Gasteiger partial charge >= 0.3 is 0 Å². The normalized spacial score (nSPS) is 38.6. The van der Waals surface area contributed by atoms with E-state index < -0.39 is 5.41 Å². The van der Waals surface area contributed by atoms with Gasteiger partial charge in [0.05, 0.1) is 18.8 Å². The Bertz CT molecular complexity index is 444. The summed E-state index contributed by atoms with van der Waals surface area (Å²) >= 11 is 0. The summed E-state index contributed by atoms with van der Waals surface area (Å²) in [7, 11) is 0. The lowest BCUT2D eigenvalue weighted by atomic mass is 9.61. The number of ketones is 1. The third-order valence-corrected chi connectivity index (χ3v) is 4.45. The van der Waals surface area contributed by atoms with Crippen molar-refractivity contribution in [3.05, 3.63) is 23.2 Å². The molecule has 1 heterocycles. The molecule has 0 amide bonds. The van der Waals surface area contributed by atoms with Crippen molar-refractivity contribution in [2.75, 3.05) is 0 Å². The van der Waals surface area contributed by atoms with Gasteiger partial charge in [-0.1, -0.05) is 33.8 Å². The van der Waals surface area contributed by atoms with Crippen LogP contribution >= 0.6 is 0 Å². The number of allylic oxidation sites excluding steroid dienone is 1. The monoisotopic (exact) mass is 247 g/mol. The number of rotatable bonds is 1. The molecule has 0 aromatic heterocycles. The van der Waals surface area contributed by atoms with E-state index in [1.54, 1.807) is 0 Å². The molecule has 0 N–H and O–H groups in total. The lowest BCUT2D eigenvalue weighted by molar-refractivity contribution is -0.171. The van der Waals surface area contributed by atoms with Gasteiger partial charge < -0.3 is 9.53 Å². The number of ether oxygens (including phenoxy) is 1. The Morgan fingerprint density at radius 2 is 2.17 bits per heavy atom.